The van der Waals surface area contributed by atoms with Gasteiger partial charge in [0.25, 0.3) is 0 Å². The van der Waals surface area contributed by atoms with Crippen LogP contribution in [0.1, 0.15) is 29.3 Å². The van der Waals surface area contributed by atoms with Gasteiger partial charge in [0.15, 0.2) is 0 Å². The first-order valence-electron chi connectivity index (χ1n) is 8.32. The Balaban J connectivity index is 2.19. The van der Waals surface area contributed by atoms with Crippen LogP contribution in [-0.4, -0.2) is 21.8 Å². The highest BCUT2D eigenvalue weighted by molar-refractivity contribution is 5.81. The standard InChI is InChI=1S/C20H23N3O/c1-5-21-18(24)12-17-19(16-9-8-13(2)15(4)11-16)22-20-14(3)7-6-10-23(17)20/h6-11H,5,12H2,1-4H3,(H,21,24). The number of imidazole rings is 1. The van der Waals surface area contributed by atoms with Gasteiger partial charge in [0.2, 0.25) is 5.91 Å². The number of aryl methyl sites for hydroxylation is 3. The molecule has 2 aromatic heterocycles. The number of amides is 1. The van der Waals surface area contributed by atoms with Gasteiger partial charge in [-0.15, -0.1) is 0 Å². The van der Waals surface area contributed by atoms with E-state index in [0.717, 1.165) is 28.2 Å². The van der Waals surface area contributed by atoms with Gasteiger partial charge in [-0.3, -0.25) is 4.79 Å². The average molecular weight is 321 g/mol. The number of hydrogen-bond acceptors (Lipinski definition) is 2. The SMILES string of the molecule is CCNC(=O)Cc1c(-c2ccc(C)c(C)c2)nc2c(C)cccn12. The Morgan fingerprint density at radius 2 is 1.92 bits per heavy atom. The number of rotatable bonds is 4. The average Bonchev–Trinajstić information content (AvgIpc) is 2.90. The quantitative estimate of drug-likeness (QED) is 0.798. The Morgan fingerprint density at radius 3 is 2.62 bits per heavy atom. The summed E-state index contributed by atoms with van der Waals surface area (Å²) in [4.78, 5) is 17.0. The zero-order valence-electron chi connectivity index (χ0n) is 14.7. The lowest BCUT2D eigenvalue weighted by atomic mass is 10.0. The normalized spacial score (nSPS) is 11.0. The molecule has 124 valence electrons. The maximum atomic E-state index is 12.2. The first-order chi connectivity index (χ1) is 11.5. The number of nitrogens with zero attached hydrogens (tertiary/aromatic N) is 2. The number of fused-ring (bicyclic) bond motifs is 1. The van der Waals surface area contributed by atoms with Gasteiger partial charge in [-0.25, -0.2) is 4.98 Å². The second kappa shape index (κ2) is 6.48. The second-order valence-corrected chi connectivity index (χ2v) is 6.22. The summed E-state index contributed by atoms with van der Waals surface area (Å²) >= 11 is 0. The van der Waals surface area contributed by atoms with Crippen LogP contribution >= 0.6 is 0 Å². The van der Waals surface area contributed by atoms with Crippen LogP contribution in [0.5, 0.6) is 0 Å². The van der Waals surface area contributed by atoms with Crippen molar-refractivity contribution in [1.82, 2.24) is 14.7 Å². The van der Waals surface area contributed by atoms with Crippen molar-refractivity contribution in [2.45, 2.75) is 34.1 Å². The summed E-state index contributed by atoms with van der Waals surface area (Å²) in [7, 11) is 0. The van der Waals surface area contributed by atoms with E-state index in [0.29, 0.717) is 13.0 Å². The number of carbonyl (C=O) groups excluding carboxylic acids is 1. The maximum absolute atomic E-state index is 12.2. The fraction of sp³-hybridized carbons (Fsp3) is 0.300. The van der Waals surface area contributed by atoms with E-state index in [2.05, 4.69) is 37.4 Å². The predicted molar refractivity (Wildman–Crippen MR) is 97.2 cm³/mol. The number of likely N-dealkylation sites (N-methyl/N-ethyl adjacent to an activating group) is 1. The molecule has 3 aromatic rings. The van der Waals surface area contributed by atoms with Crippen molar-refractivity contribution in [2.75, 3.05) is 6.54 Å². The van der Waals surface area contributed by atoms with Gasteiger partial charge in [-0.2, -0.15) is 0 Å². The van der Waals surface area contributed by atoms with Crippen molar-refractivity contribution < 1.29 is 4.79 Å². The van der Waals surface area contributed by atoms with Gasteiger partial charge < -0.3 is 9.72 Å². The molecular formula is C20H23N3O. The van der Waals surface area contributed by atoms with Crippen LogP contribution in [0.2, 0.25) is 0 Å². The van der Waals surface area contributed by atoms with Gasteiger partial charge in [0, 0.05) is 18.3 Å². The zero-order chi connectivity index (χ0) is 17.3. The summed E-state index contributed by atoms with van der Waals surface area (Å²) in [5.41, 5.74) is 7.37. The number of benzene rings is 1. The molecule has 1 amide bonds. The first kappa shape index (κ1) is 16.2. The number of pyridine rings is 1. The van der Waals surface area contributed by atoms with Gasteiger partial charge in [0.1, 0.15) is 5.65 Å². The molecule has 0 saturated carbocycles. The fourth-order valence-corrected chi connectivity index (χ4v) is 2.95. The van der Waals surface area contributed by atoms with Gasteiger partial charge in [0.05, 0.1) is 17.8 Å². The molecule has 0 aliphatic heterocycles. The molecule has 0 saturated heterocycles. The number of carbonyl (C=O) groups is 1. The third kappa shape index (κ3) is 2.92. The topological polar surface area (TPSA) is 46.4 Å². The molecule has 0 aliphatic rings. The minimum atomic E-state index is 0.0193. The fourth-order valence-electron chi connectivity index (χ4n) is 2.95. The van der Waals surface area contributed by atoms with Crippen molar-refractivity contribution >= 4 is 11.6 Å². The summed E-state index contributed by atoms with van der Waals surface area (Å²) < 4.78 is 2.04. The van der Waals surface area contributed by atoms with Crippen LogP contribution in [0, 0.1) is 20.8 Å². The van der Waals surface area contributed by atoms with Crippen LogP contribution < -0.4 is 5.32 Å². The third-order valence-corrected chi connectivity index (χ3v) is 4.43. The molecule has 0 spiro atoms. The molecule has 0 unspecified atom stereocenters. The Kier molecular flexibility index (Phi) is 4.38. The Morgan fingerprint density at radius 1 is 1.12 bits per heavy atom. The molecule has 1 N–H and O–H groups in total. The van der Waals surface area contributed by atoms with E-state index in [1.54, 1.807) is 0 Å². The lowest BCUT2D eigenvalue weighted by Crippen LogP contribution is -2.25. The summed E-state index contributed by atoms with van der Waals surface area (Å²) in [5, 5.41) is 2.88. The van der Waals surface area contributed by atoms with E-state index in [-0.39, 0.29) is 5.91 Å². The number of nitrogens with one attached hydrogen (secondary N) is 1. The van der Waals surface area contributed by atoms with E-state index in [1.807, 2.05) is 36.6 Å². The van der Waals surface area contributed by atoms with Crippen LogP contribution in [0.15, 0.2) is 36.5 Å². The molecule has 4 nitrogen and oxygen atoms in total. The minimum absolute atomic E-state index is 0.0193. The Labute approximate surface area is 142 Å². The molecule has 24 heavy (non-hydrogen) atoms. The predicted octanol–water partition coefficient (Wildman–Crippen LogP) is 3.61. The lowest BCUT2D eigenvalue weighted by molar-refractivity contribution is -0.120. The summed E-state index contributed by atoms with van der Waals surface area (Å²) in [6.45, 7) is 8.81. The van der Waals surface area contributed by atoms with Crippen molar-refractivity contribution in [3.63, 3.8) is 0 Å². The Hall–Kier alpha value is -2.62. The van der Waals surface area contributed by atoms with Crippen molar-refractivity contribution in [1.29, 1.82) is 0 Å². The van der Waals surface area contributed by atoms with E-state index < -0.39 is 0 Å². The summed E-state index contributed by atoms with van der Waals surface area (Å²) in [6, 6.07) is 10.4. The third-order valence-electron chi connectivity index (χ3n) is 4.43. The zero-order valence-corrected chi connectivity index (χ0v) is 14.7. The highest BCUT2D eigenvalue weighted by Crippen LogP contribution is 2.27. The number of aromatic nitrogens is 2. The molecule has 0 aliphatic carbocycles. The van der Waals surface area contributed by atoms with Gasteiger partial charge in [-0.05, 0) is 56.5 Å². The van der Waals surface area contributed by atoms with Gasteiger partial charge in [-0.1, -0.05) is 18.2 Å². The molecule has 0 radical (unpaired) electrons. The molecule has 0 bridgehead atoms. The smallest absolute Gasteiger partial charge is 0.226 e. The lowest BCUT2D eigenvalue weighted by Gasteiger charge is -2.08. The molecule has 1 aromatic carbocycles. The second-order valence-electron chi connectivity index (χ2n) is 6.22. The van der Waals surface area contributed by atoms with Crippen molar-refractivity contribution in [2.24, 2.45) is 0 Å². The highest BCUT2D eigenvalue weighted by Gasteiger charge is 2.18. The molecular weight excluding hydrogens is 298 g/mol. The van der Waals surface area contributed by atoms with Crippen LogP contribution in [0.25, 0.3) is 16.9 Å². The van der Waals surface area contributed by atoms with Crippen LogP contribution in [0.3, 0.4) is 0 Å². The first-order valence-corrected chi connectivity index (χ1v) is 8.32. The van der Waals surface area contributed by atoms with E-state index in [1.165, 1.54) is 11.1 Å². The monoisotopic (exact) mass is 321 g/mol. The van der Waals surface area contributed by atoms with E-state index >= 15 is 0 Å². The van der Waals surface area contributed by atoms with Crippen LogP contribution in [-0.2, 0) is 11.2 Å². The van der Waals surface area contributed by atoms with E-state index in [9.17, 15) is 4.79 Å². The maximum Gasteiger partial charge on any atom is 0.226 e. The molecule has 3 rings (SSSR count). The minimum Gasteiger partial charge on any atom is -0.356 e. The van der Waals surface area contributed by atoms with E-state index in [4.69, 9.17) is 4.98 Å². The Bertz CT molecular complexity index is 909. The van der Waals surface area contributed by atoms with Crippen molar-refractivity contribution in [3.8, 4) is 11.3 Å². The van der Waals surface area contributed by atoms with Crippen LogP contribution in [0.4, 0.5) is 0 Å². The summed E-state index contributed by atoms with van der Waals surface area (Å²) in [6.07, 6.45) is 2.30. The molecule has 0 atom stereocenters. The molecule has 2 heterocycles. The number of hydrogen-bond donors (Lipinski definition) is 1. The highest BCUT2D eigenvalue weighted by atomic mass is 16.1. The largest absolute Gasteiger partial charge is 0.356 e. The molecule has 0 fully saturated rings. The van der Waals surface area contributed by atoms with Crippen molar-refractivity contribution in [3.05, 3.63) is 58.9 Å². The summed E-state index contributed by atoms with van der Waals surface area (Å²) in [5.74, 6) is 0.0193. The molecule has 4 heteroatoms. The van der Waals surface area contributed by atoms with Gasteiger partial charge >= 0.3 is 0 Å².